The van der Waals surface area contributed by atoms with E-state index in [-0.39, 0.29) is 17.8 Å². The molecule has 1 unspecified atom stereocenters. The van der Waals surface area contributed by atoms with Crippen molar-refractivity contribution in [1.29, 1.82) is 0 Å². The van der Waals surface area contributed by atoms with E-state index < -0.39 is 5.60 Å². The van der Waals surface area contributed by atoms with Gasteiger partial charge >= 0.3 is 6.09 Å². The molecular weight excluding hydrogens is 356 g/mol. The van der Waals surface area contributed by atoms with Crippen LogP contribution in [0.1, 0.15) is 44.9 Å². The third kappa shape index (κ3) is 3.78. The lowest BCUT2D eigenvalue weighted by molar-refractivity contribution is -0.0333. The molecule has 3 heterocycles. The molecule has 0 spiro atoms. The zero-order chi connectivity index (χ0) is 19.9. The van der Waals surface area contributed by atoms with Gasteiger partial charge < -0.3 is 19.4 Å². The van der Waals surface area contributed by atoms with Gasteiger partial charge in [-0.2, -0.15) is 0 Å². The maximum Gasteiger partial charge on any atom is 0.410 e. The van der Waals surface area contributed by atoms with E-state index in [0.29, 0.717) is 37.4 Å². The van der Waals surface area contributed by atoms with Crippen LogP contribution in [0, 0.1) is 5.92 Å². The number of H-pyrrole nitrogens is 1. The van der Waals surface area contributed by atoms with Crippen LogP contribution in [0.25, 0.3) is 10.8 Å². The number of carbonyl (C=O) groups is 1. The first-order valence-corrected chi connectivity index (χ1v) is 10.0. The van der Waals surface area contributed by atoms with E-state index in [1.807, 2.05) is 45.0 Å². The Bertz CT molecular complexity index is 936. The first kappa shape index (κ1) is 19.0. The molecule has 0 radical (unpaired) electrons. The fraction of sp³-hybridized carbons (Fsp3) is 0.545. The summed E-state index contributed by atoms with van der Waals surface area (Å²) in [7, 11) is 0. The van der Waals surface area contributed by atoms with Crippen LogP contribution in [0.4, 0.5) is 4.79 Å². The van der Waals surface area contributed by atoms with Gasteiger partial charge in [0, 0.05) is 36.2 Å². The number of fused-ring (bicyclic) bond motifs is 3. The Balaban J connectivity index is 1.43. The molecule has 1 aromatic heterocycles. The zero-order valence-electron chi connectivity index (χ0n) is 16.8. The molecule has 1 fully saturated rings. The Morgan fingerprint density at radius 3 is 2.54 bits per heavy atom. The fourth-order valence-electron chi connectivity index (χ4n) is 4.26. The number of pyridine rings is 1. The van der Waals surface area contributed by atoms with Gasteiger partial charge in [-0.1, -0.05) is 18.2 Å². The van der Waals surface area contributed by atoms with Gasteiger partial charge in [-0.05, 0) is 51.0 Å². The molecule has 1 saturated heterocycles. The van der Waals surface area contributed by atoms with Crippen molar-refractivity contribution in [2.24, 2.45) is 5.92 Å². The highest BCUT2D eigenvalue weighted by Gasteiger charge is 2.33. The molecule has 2 aromatic rings. The van der Waals surface area contributed by atoms with Crippen molar-refractivity contribution in [1.82, 2.24) is 9.88 Å². The topological polar surface area (TPSA) is 71.6 Å². The number of nitrogens with zero attached hydrogens (tertiary/aromatic N) is 1. The quantitative estimate of drug-likeness (QED) is 0.815. The zero-order valence-corrected chi connectivity index (χ0v) is 16.8. The van der Waals surface area contributed by atoms with Crippen molar-refractivity contribution in [3.63, 3.8) is 0 Å². The second-order valence-corrected chi connectivity index (χ2v) is 8.82. The third-order valence-electron chi connectivity index (χ3n) is 5.69. The van der Waals surface area contributed by atoms with Gasteiger partial charge in [-0.3, -0.25) is 4.79 Å². The highest BCUT2D eigenvalue weighted by atomic mass is 16.6. The molecule has 1 amide bonds. The summed E-state index contributed by atoms with van der Waals surface area (Å²) in [5.41, 5.74) is 1.58. The number of likely N-dealkylation sites (tertiary alicyclic amines) is 1. The van der Waals surface area contributed by atoms with Gasteiger partial charge in [0.2, 0.25) is 0 Å². The van der Waals surface area contributed by atoms with Crippen molar-refractivity contribution in [2.75, 3.05) is 13.1 Å². The van der Waals surface area contributed by atoms with Gasteiger partial charge in [0.25, 0.3) is 5.56 Å². The summed E-state index contributed by atoms with van der Waals surface area (Å²) >= 11 is 0. The van der Waals surface area contributed by atoms with Crippen LogP contribution in [0.2, 0.25) is 0 Å². The molecule has 6 heteroatoms. The highest BCUT2D eigenvalue weighted by molar-refractivity contribution is 5.85. The van der Waals surface area contributed by atoms with Crippen molar-refractivity contribution < 1.29 is 14.3 Å². The third-order valence-corrected chi connectivity index (χ3v) is 5.69. The smallest absolute Gasteiger partial charge is 0.410 e. The lowest BCUT2D eigenvalue weighted by atomic mass is 9.86. The molecule has 0 saturated carbocycles. The van der Waals surface area contributed by atoms with Crippen LogP contribution in [0.3, 0.4) is 0 Å². The summed E-state index contributed by atoms with van der Waals surface area (Å²) in [5, 5.41) is 1.70. The van der Waals surface area contributed by atoms with E-state index >= 15 is 0 Å². The van der Waals surface area contributed by atoms with Gasteiger partial charge in [-0.25, -0.2) is 4.79 Å². The normalized spacial score (nSPS) is 20.8. The van der Waals surface area contributed by atoms with Gasteiger partial charge in [0.15, 0.2) is 0 Å². The van der Waals surface area contributed by atoms with E-state index in [9.17, 15) is 9.59 Å². The van der Waals surface area contributed by atoms with Crippen LogP contribution in [0.15, 0.2) is 29.1 Å². The molecule has 6 nitrogen and oxygen atoms in total. The number of rotatable bonds is 1. The lowest BCUT2D eigenvalue weighted by Gasteiger charge is -2.38. The van der Waals surface area contributed by atoms with E-state index in [1.165, 1.54) is 0 Å². The Morgan fingerprint density at radius 1 is 1.18 bits per heavy atom. The molecule has 2 aliphatic heterocycles. The molecule has 0 aliphatic carbocycles. The first-order valence-electron chi connectivity index (χ1n) is 10.0. The summed E-state index contributed by atoms with van der Waals surface area (Å²) in [5.74, 6) is 0.377. The lowest BCUT2D eigenvalue weighted by Crippen LogP contribution is -2.45. The van der Waals surface area contributed by atoms with E-state index in [0.717, 1.165) is 29.5 Å². The summed E-state index contributed by atoms with van der Waals surface area (Å²) in [4.78, 5) is 29.5. The SMILES string of the molecule is CC(C)(C)OC(=O)N1CCC(C2Cc3[nH]c(=O)c4ccccc4c3CO2)CC1. The molecule has 150 valence electrons. The van der Waals surface area contributed by atoms with Crippen molar-refractivity contribution >= 4 is 16.9 Å². The predicted molar refractivity (Wildman–Crippen MR) is 107 cm³/mol. The monoisotopic (exact) mass is 384 g/mol. The van der Waals surface area contributed by atoms with Crippen molar-refractivity contribution in [2.45, 2.75) is 58.3 Å². The van der Waals surface area contributed by atoms with Crippen LogP contribution >= 0.6 is 0 Å². The number of aromatic amines is 1. The minimum atomic E-state index is -0.473. The maximum atomic E-state index is 12.4. The predicted octanol–water partition coefficient (Wildman–Crippen LogP) is 3.62. The Hall–Kier alpha value is -2.34. The maximum absolute atomic E-state index is 12.4. The molecule has 28 heavy (non-hydrogen) atoms. The average Bonchev–Trinajstić information content (AvgIpc) is 2.67. The largest absolute Gasteiger partial charge is 0.444 e. The van der Waals surface area contributed by atoms with Gasteiger partial charge in [-0.15, -0.1) is 0 Å². The molecule has 0 bridgehead atoms. The standard InChI is InChI=1S/C22H28N2O4/c1-22(2,3)28-21(26)24-10-8-14(9-11-24)19-12-18-17(13-27-19)15-6-4-5-7-16(15)20(25)23-18/h4-7,14,19H,8-13H2,1-3H3,(H,23,25). The number of aromatic nitrogens is 1. The Labute approximate surface area is 164 Å². The summed E-state index contributed by atoms with van der Waals surface area (Å²) in [6, 6.07) is 7.69. The molecule has 1 N–H and O–H groups in total. The van der Waals surface area contributed by atoms with Crippen molar-refractivity contribution in [3.8, 4) is 0 Å². The molecule has 1 aromatic carbocycles. The Kier molecular flexibility index (Phi) is 4.91. The molecule has 1 atom stereocenters. The van der Waals surface area contributed by atoms with Crippen LogP contribution in [-0.2, 0) is 22.5 Å². The fourth-order valence-corrected chi connectivity index (χ4v) is 4.26. The van der Waals surface area contributed by atoms with Crippen LogP contribution < -0.4 is 5.56 Å². The second kappa shape index (κ2) is 7.24. The first-order chi connectivity index (χ1) is 13.3. The van der Waals surface area contributed by atoms with E-state index in [2.05, 4.69) is 4.98 Å². The minimum absolute atomic E-state index is 0.0326. The number of amides is 1. The number of benzene rings is 1. The van der Waals surface area contributed by atoms with Crippen LogP contribution in [0.5, 0.6) is 0 Å². The average molecular weight is 384 g/mol. The molecule has 2 aliphatic rings. The number of nitrogens with one attached hydrogen (secondary N) is 1. The number of hydrogen-bond acceptors (Lipinski definition) is 4. The number of piperidine rings is 1. The molecule has 4 rings (SSSR count). The van der Waals surface area contributed by atoms with Gasteiger partial charge in [0.05, 0.1) is 12.7 Å². The summed E-state index contributed by atoms with van der Waals surface area (Å²) in [6.45, 7) is 7.53. The second-order valence-electron chi connectivity index (χ2n) is 8.82. The van der Waals surface area contributed by atoms with Gasteiger partial charge in [0.1, 0.15) is 5.60 Å². The number of carbonyl (C=O) groups excluding carboxylic acids is 1. The van der Waals surface area contributed by atoms with E-state index in [1.54, 1.807) is 4.90 Å². The van der Waals surface area contributed by atoms with Crippen molar-refractivity contribution in [3.05, 3.63) is 45.9 Å². The minimum Gasteiger partial charge on any atom is -0.444 e. The molecular formula is C22H28N2O4. The summed E-state index contributed by atoms with van der Waals surface area (Å²) in [6.07, 6.45) is 2.32. The Morgan fingerprint density at radius 2 is 1.86 bits per heavy atom. The number of ether oxygens (including phenoxy) is 2. The van der Waals surface area contributed by atoms with E-state index in [4.69, 9.17) is 9.47 Å². The highest BCUT2D eigenvalue weighted by Crippen LogP contribution is 2.32. The summed E-state index contributed by atoms with van der Waals surface area (Å²) < 4.78 is 11.7. The van der Waals surface area contributed by atoms with Crippen LogP contribution in [-0.4, -0.2) is 40.8 Å². The number of hydrogen-bond donors (Lipinski definition) is 1.